The molecule has 0 aliphatic heterocycles. The highest BCUT2D eigenvalue weighted by atomic mass is 32.2. The zero-order valence-corrected chi connectivity index (χ0v) is 4.94. The second-order valence-electron chi connectivity index (χ2n) is 0.845. The van der Waals surface area contributed by atoms with Gasteiger partial charge in [-0.3, -0.25) is 4.55 Å². The lowest BCUT2D eigenvalue weighted by Crippen LogP contribution is -1.88. The van der Waals surface area contributed by atoms with Gasteiger partial charge in [0.05, 0.1) is 6.26 Å². The molecule has 0 fully saturated rings. The lowest BCUT2D eigenvalue weighted by atomic mass is 12.0. The zero-order valence-electron chi connectivity index (χ0n) is 4.12. The summed E-state index contributed by atoms with van der Waals surface area (Å²) in [6, 6.07) is 0. The summed E-state index contributed by atoms with van der Waals surface area (Å²) < 4.78 is 25.9. The smallest absolute Gasteiger partial charge is 0.261 e. The lowest BCUT2D eigenvalue weighted by molar-refractivity contribution is 0.490. The molecule has 0 rings (SSSR count). The van der Waals surface area contributed by atoms with Gasteiger partial charge in [-0.2, -0.15) is 8.42 Å². The van der Waals surface area contributed by atoms with Crippen LogP contribution in [0.4, 0.5) is 0 Å². The minimum atomic E-state index is -3.67. The van der Waals surface area contributed by atoms with Crippen molar-refractivity contribution in [3.05, 3.63) is 0 Å². The molecule has 7 heteroatoms. The van der Waals surface area contributed by atoms with Gasteiger partial charge in [0.1, 0.15) is 11.1 Å². The summed E-state index contributed by atoms with van der Waals surface area (Å²) in [7, 11) is -3.67. The highest BCUT2D eigenvalue weighted by molar-refractivity contribution is 7.85. The van der Waals surface area contributed by atoms with E-state index in [1.165, 1.54) is 0 Å². The predicted octanol–water partition coefficient (Wildman–Crippen LogP) is -0.380. The molecule has 0 heterocycles. The molecule has 0 saturated heterocycles. The second-order valence-corrected chi connectivity index (χ2v) is 2.31. The van der Waals surface area contributed by atoms with Gasteiger partial charge in [0.15, 0.2) is 0 Å². The molecule has 48 valence electrons. The van der Waals surface area contributed by atoms with Gasteiger partial charge in [-0.25, -0.2) is 0 Å². The molecule has 0 amide bonds. The van der Waals surface area contributed by atoms with E-state index >= 15 is 0 Å². The van der Waals surface area contributed by atoms with Crippen molar-refractivity contribution >= 4 is 10.1 Å². The van der Waals surface area contributed by atoms with Gasteiger partial charge >= 0.3 is 0 Å². The fraction of sp³-hybridized carbons (Fsp3) is 1.00. The molecule has 0 spiro atoms. The van der Waals surface area contributed by atoms with Crippen LogP contribution in [0.3, 0.4) is 0 Å². The number of hydrogen-bond acceptors (Lipinski definition) is 4. The summed E-state index contributed by atoms with van der Waals surface area (Å²) in [5, 5.41) is 0. The molecule has 6 nitrogen and oxygen atoms in total. The molecule has 0 atom stereocenters. The number of nitrogens with zero attached hydrogens (tertiary/aromatic N) is 1. The Morgan fingerprint density at radius 1 is 1.50 bits per heavy atom. The standard InChI is InChI=1S/CH4O3S.H2N3/c1-5(2,3)4;1-3-2/h1H3,(H,2,3,4);1-2H/q;+1. The van der Waals surface area contributed by atoms with Crippen molar-refractivity contribution in [1.82, 2.24) is 4.91 Å². The first-order chi connectivity index (χ1) is 3.41. The maximum atomic E-state index is 9.19. The van der Waals surface area contributed by atoms with Crippen molar-refractivity contribution in [3.63, 3.8) is 0 Å². The summed E-state index contributed by atoms with van der Waals surface area (Å²) in [4.78, 5) is 2.00. The van der Waals surface area contributed by atoms with E-state index < -0.39 is 10.1 Å². The summed E-state index contributed by atoms with van der Waals surface area (Å²) in [6.45, 7) is 0. The monoisotopic (exact) mass is 140 g/mol. The number of nitrogens with one attached hydrogen (secondary N) is 2. The van der Waals surface area contributed by atoms with Crippen molar-refractivity contribution < 1.29 is 13.0 Å². The van der Waals surface area contributed by atoms with Crippen LogP contribution < -0.4 is 4.91 Å². The van der Waals surface area contributed by atoms with Gasteiger partial charge in [-0.1, -0.05) is 0 Å². The third kappa shape index (κ3) is 153. The van der Waals surface area contributed by atoms with E-state index in [1.807, 2.05) is 4.91 Å². The first-order valence-corrected chi connectivity index (χ1v) is 3.22. The quantitative estimate of drug-likeness (QED) is 0.242. The van der Waals surface area contributed by atoms with Crippen molar-refractivity contribution in [2.24, 2.45) is 0 Å². The summed E-state index contributed by atoms with van der Waals surface area (Å²) in [5.74, 6) is 0. The first-order valence-electron chi connectivity index (χ1n) is 1.37. The molecule has 0 aromatic rings. The normalized spacial score (nSPS) is 8.25. The van der Waals surface area contributed by atoms with E-state index in [0.29, 0.717) is 6.26 Å². The van der Waals surface area contributed by atoms with E-state index in [4.69, 9.17) is 15.6 Å². The zero-order chi connectivity index (χ0) is 7.21. The SMILES string of the molecule is CS(=O)(=O)O.N=[N+]=N. The maximum Gasteiger partial charge on any atom is 0.261 e. The Kier molecular flexibility index (Phi) is 5.61. The molecule has 8 heavy (non-hydrogen) atoms. The Bertz CT molecular complexity index is 155. The Morgan fingerprint density at radius 3 is 1.50 bits per heavy atom. The average Bonchev–Trinajstić information content (AvgIpc) is 1.27. The van der Waals surface area contributed by atoms with Crippen LogP contribution in [0.2, 0.25) is 0 Å². The van der Waals surface area contributed by atoms with Crippen LogP contribution in [-0.2, 0) is 10.1 Å². The highest BCUT2D eigenvalue weighted by Crippen LogP contribution is 1.60. The van der Waals surface area contributed by atoms with E-state index in [-0.39, 0.29) is 0 Å². The minimum absolute atomic E-state index is 0.715. The van der Waals surface area contributed by atoms with Gasteiger partial charge in [0.2, 0.25) is 4.91 Å². The summed E-state index contributed by atoms with van der Waals surface area (Å²) >= 11 is 0. The molecule has 0 unspecified atom stereocenters. The van der Waals surface area contributed by atoms with Gasteiger partial charge in [-0.15, -0.1) is 0 Å². The molecular formula is CH6N3O3S+. The van der Waals surface area contributed by atoms with E-state index in [2.05, 4.69) is 0 Å². The molecule has 0 aromatic heterocycles. The van der Waals surface area contributed by atoms with Gasteiger partial charge in [-0.05, 0) is 0 Å². The van der Waals surface area contributed by atoms with E-state index in [9.17, 15) is 8.42 Å². The average molecular weight is 140 g/mol. The van der Waals surface area contributed by atoms with Crippen LogP contribution in [0.5, 0.6) is 0 Å². The fourth-order valence-corrected chi connectivity index (χ4v) is 0. The Morgan fingerprint density at radius 2 is 1.50 bits per heavy atom. The molecule has 0 saturated carbocycles. The highest BCUT2D eigenvalue weighted by Gasteiger charge is 1.81. The third-order valence-corrected chi connectivity index (χ3v) is 0. The number of rotatable bonds is 0. The molecule has 3 N–H and O–H groups in total. The van der Waals surface area contributed by atoms with Crippen molar-refractivity contribution in [2.75, 3.05) is 6.26 Å². The second kappa shape index (κ2) is 4.38. The molecular weight excluding hydrogens is 134 g/mol. The van der Waals surface area contributed by atoms with Crippen LogP contribution in [0.25, 0.3) is 0 Å². The van der Waals surface area contributed by atoms with Crippen molar-refractivity contribution in [2.45, 2.75) is 0 Å². The van der Waals surface area contributed by atoms with Crippen LogP contribution in [0.1, 0.15) is 0 Å². The van der Waals surface area contributed by atoms with Gasteiger partial charge in [0, 0.05) is 0 Å². The largest absolute Gasteiger partial charge is 0.286 e. The van der Waals surface area contributed by atoms with E-state index in [0.717, 1.165) is 0 Å². The predicted molar refractivity (Wildman–Crippen MR) is 25.0 cm³/mol. The summed E-state index contributed by atoms with van der Waals surface area (Å²) in [5.41, 5.74) is 11.0. The molecule has 0 aromatic carbocycles. The lowest BCUT2D eigenvalue weighted by Gasteiger charge is -1.69. The van der Waals surface area contributed by atoms with Crippen LogP contribution in [-0.4, -0.2) is 19.2 Å². The Balaban J connectivity index is 0. The molecule has 0 radical (unpaired) electrons. The Hall–Kier alpha value is -0.780. The minimum Gasteiger partial charge on any atom is -0.286 e. The summed E-state index contributed by atoms with van der Waals surface area (Å²) in [6.07, 6.45) is 0.715. The third-order valence-electron chi connectivity index (χ3n) is 0. The Labute approximate surface area is 46.3 Å². The van der Waals surface area contributed by atoms with Gasteiger partial charge < -0.3 is 0 Å². The van der Waals surface area contributed by atoms with Crippen LogP contribution in [0.15, 0.2) is 0 Å². The van der Waals surface area contributed by atoms with Crippen molar-refractivity contribution in [1.29, 1.82) is 11.1 Å². The molecule has 0 bridgehead atoms. The maximum absolute atomic E-state index is 9.19. The van der Waals surface area contributed by atoms with Crippen molar-refractivity contribution in [3.8, 4) is 0 Å². The first kappa shape index (κ1) is 10.3. The van der Waals surface area contributed by atoms with Crippen LogP contribution in [0, 0.1) is 11.1 Å². The number of hydrogen-bond donors (Lipinski definition) is 3. The van der Waals surface area contributed by atoms with Crippen LogP contribution >= 0.6 is 0 Å². The molecule has 0 aliphatic carbocycles. The molecule has 0 aliphatic rings. The fourth-order valence-electron chi connectivity index (χ4n) is 0. The van der Waals surface area contributed by atoms with E-state index in [1.54, 1.807) is 0 Å². The van der Waals surface area contributed by atoms with Gasteiger partial charge in [0.25, 0.3) is 10.1 Å². The topological polar surface area (TPSA) is 116 Å².